The van der Waals surface area contributed by atoms with E-state index in [2.05, 4.69) is 26.0 Å². The van der Waals surface area contributed by atoms with Gasteiger partial charge in [0.2, 0.25) is 0 Å². The lowest BCUT2D eigenvalue weighted by Crippen LogP contribution is -2.31. The van der Waals surface area contributed by atoms with Crippen LogP contribution in [0, 0.1) is 13.8 Å². The maximum Gasteiger partial charge on any atom is 0.281 e. The number of carbonyl (C=O) groups is 1. The number of aryl methyl sites for hydroxylation is 3. The van der Waals surface area contributed by atoms with Gasteiger partial charge in [-0.1, -0.05) is 13.0 Å². The SMILES string of the molecule is CCc1ccc(/C=C2\C(=O)N(c3ccc(C)c(C)c3)C(=S)N2C)s1. The Kier molecular flexibility index (Phi) is 4.56. The lowest BCUT2D eigenvalue weighted by molar-refractivity contribution is -0.114. The molecule has 5 heteroatoms. The first-order valence-corrected chi connectivity index (χ1v) is 9.14. The first-order valence-electron chi connectivity index (χ1n) is 7.92. The number of thiocarbonyl (C=S) groups is 1. The van der Waals surface area contributed by atoms with E-state index < -0.39 is 0 Å². The highest BCUT2D eigenvalue weighted by molar-refractivity contribution is 7.80. The average molecular weight is 357 g/mol. The van der Waals surface area contributed by atoms with Crippen molar-refractivity contribution in [2.45, 2.75) is 27.2 Å². The summed E-state index contributed by atoms with van der Waals surface area (Å²) in [6, 6.07) is 10.1. The van der Waals surface area contributed by atoms with Gasteiger partial charge in [-0.2, -0.15) is 0 Å². The number of thiophene rings is 1. The summed E-state index contributed by atoms with van der Waals surface area (Å²) in [7, 11) is 1.85. The molecule has 1 aliphatic heterocycles. The summed E-state index contributed by atoms with van der Waals surface area (Å²) < 4.78 is 0. The molecule has 1 aliphatic rings. The van der Waals surface area contributed by atoms with Crippen molar-refractivity contribution < 1.29 is 4.79 Å². The number of rotatable bonds is 3. The summed E-state index contributed by atoms with van der Waals surface area (Å²) >= 11 is 7.22. The number of hydrogen-bond donors (Lipinski definition) is 0. The molecule has 0 aliphatic carbocycles. The van der Waals surface area contributed by atoms with Gasteiger partial charge < -0.3 is 4.90 Å². The quantitative estimate of drug-likeness (QED) is 0.596. The second-order valence-electron chi connectivity index (χ2n) is 5.94. The van der Waals surface area contributed by atoms with Gasteiger partial charge in [0.1, 0.15) is 5.70 Å². The van der Waals surface area contributed by atoms with Crippen LogP contribution < -0.4 is 4.90 Å². The molecule has 0 spiro atoms. The minimum Gasteiger partial charge on any atom is -0.317 e. The van der Waals surface area contributed by atoms with E-state index in [0.717, 1.165) is 22.5 Å². The minimum absolute atomic E-state index is 0.0720. The van der Waals surface area contributed by atoms with Crippen LogP contribution in [0.5, 0.6) is 0 Å². The van der Waals surface area contributed by atoms with Crippen LogP contribution >= 0.6 is 23.6 Å². The molecule has 0 N–H and O–H groups in total. The predicted molar refractivity (Wildman–Crippen MR) is 105 cm³/mol. The molecule has 1 amide bonds. The maximum atomic E-state index is 12.9. The zero-order valence-electron chi connectivity index (χ0n) is 14.3. The molecule has 24 heavy (non-hydrogen) atoms. The molecule has 0 saturated carbocycles. The number of hydrogen-bond acceptors (Lipinski definition) is 3. The van der Waals surface area contributed by atoms with E-state index in [-0.39, 0.29) is 5.91 Å². The van der Waals surface area contributed by atoms with Crippen molar-refractivity contribution in [2.75, 3.05) is 11.9 Å². The number of nitrogens with zero attached hydrogens (tertiary/aromatic N) is 2. The van der Waals surface area contributed by atoms with Crippen molar-refractivity contribution in [3.05, 3.63) is 56.9 Å². The highest BCUT2D eigenvalue weighted by Gasteiger charge is 2.36. The fraction of sp³-hybridized carbons (Fsp3) is 0.263. The lowest BCUT2D eigenvalue weighted by atomic mass is 10.1. The molecule has 0 bridgehead atoms. The van der Waals surface area contributed by atoms with Gasteiger partial charge in [0.05, 0.1) is 5.69 Å². The van der Waals surface area contributed by atoms with Gasteiger partial charge in [0.15, 0.2) is 5.11 Å². The lowest BCUT2D eigenvalue weighted by Gasteiger charge is -2.17. The molecule has 2 heterocycles. The third-order valence-electron chi connectivity index (χ3n) is 4.32. The third-order valence-corrected chi connectivity index (χ3v) is 5.95. The van der Waals surface area contributed by atoms with Crippen LogP contribution in [0.1, 0.15) is 27.8 Å². The first-order chi connectivity index (χ1) is 11.4. The minimum atomic E-state index is -0.0720. The normalized spacial score (nSPS) is 16.6. The van der Waals surface area contributed by atoms with Crippen LogP contribution in [0.15, 0.2) is 36.0 Å². The fourth-order valence-corrected chi connectivity index (χ4v) is 3.82. The largest absolute Gasteiger partial charge is 0.317 e. The van der Waals surface area contributed by atoms with E-state index >= 15 is 0 Å². The van der Waals surface area contributed by atoms with Crippen LogP contribution in [0.4, 0.5) is 5.69 Å². The van der Waals surface area contributed by atoms with E-state index in [4.69, 9.17) is 12.2 Å². The molecule has 1 aromatic carbocycles. The second kappa shape index (κ2) is 6.49. The van der Waals surface area contributed by atoms with Crippen molar-refractivity contribution in [1.29, 1.82) is 0 Å². The van der Waals surface area contributed by atoms with Crippen molar-refractivity contribution in [3.8, 4) is 0 Å². The zero-order valence-corrected chi connectivity index (χ0v) is 15.9. The van der Waals surface area contributed by atoms with E-state index in [1.165, 1.54) is 10.4 Å². The van der Waals surface area contributed by atoms with E-state index in [9.17, 15) is 4.79 Å². The molecular weight excluding hydrogens is 336 g/mol. The van der Waals surface area contributed by atoms with Crippen molar-refractivity contribution >= 4 is 46.3 Å². The molecule has 1 saturated heterocycles. The zero-order chi connectivity index (χ0) is 17.4. The second-order valence-corrected chi connectivity index (χ2v) is 7.50. The monoisotopic (exact) mass is 356 g/mol. The number of benzene rings is 1. The molecule has 0 unspecified atom stereocenters. The van der Waals surface area contributed by atoms with Crippen LogP contribution in [0.3, 0.4) is 0 Å². The van der Waals surface area contributed by atoms with Crippen molar-refractivity contribution in [3.63, 3.8) is 0 Å². The first kappa shape index (κ1) is 16.9. The Labute approximate surface area is 152 Å². The Morgan fingerprint density at radius 1 is 1.17 bits per heavy atom. The van der Waals surface area contributed by atoms with Gasteiger partial charge in [-0.3, -0.25) is 9.69 Å². The molecular formula is C19H20N2OS2. The van der Waals surface area contributed by atoms with E-state index in [1.54, 1.807) is 21.1 Å². The van der Waals surface area contributed by atoms with E-state index in [1.807, 2.05) is 38.2 Å². The number of likely N-dealkylation sites (N-methyl/N-ethyl adjacent to an activating group) is 1. The molecule has 3 nitrogen and oxygen atoms in total. The highest BCUT2D eigenvalue weighted by atomic mass is 32.1. The Morgan fingerprint density at radius 3 is 2.54 bits per heavy atom. The van der Waals surface area contributed by atoms with Crippen LogP contribution in [0.25, 0.3) is 6.08 Å². The Balaban J connectivity index is 1.98. The topological polar surface area (TPSA) is 23.6 Å². The smallest absolute Gasteiger partial charge is 0.281 e. The van der Waals surface area contributed by atoms with Gasteiger partial charge in [0.25, 0.3) is 5.91 Å². The maximum absolute atomic E-state index is 12.9. The third kappa shape index (κ3) is 2.89. The summed E-state index contributed by atoms with van der Waals surface area (Å²) in [5.74, 6) is -0.0720. The molecule has 1 aromatic heterocycles. The number of anilines is 1. The molecule has 3 rings (SSSR count). The molecule has 2 aromatic rings. The summed E-state index contributed by atoms with van der Waals surface area (Å²) in [6.45, 7) is 6.23. The molecule has 124 valence electrons. The van der Waals surface area contributed by atoms with E-state index in [0.29, 0.717) is 10.8 Å². The van der Waals surface area contributed by atoms with Crippen molar-refractivity contribution in [2.24, 2.45) is 0 Å². The van der Waals surface area contributed by atoms with Crippen LogP contribution in [-0.4, -0.2) is 23.0 Å². The Hall–Kier alpha value is -1.98. The van der Waals surface area contributed by atoms with Crippen molar-refractivity contribution in [1.82, 2.24) is 4.90 Å². The van der Waals surface area contributed by atoms with Crippen LogP contribution in [-0.2, 0) is 11.2 Å². The number of amides is 1. The molecule has 0 atom stereocenters. The fourth-order valence-electron chi connectivity index (χ4n) is 2.65. The summed E-state index contributed by atoms with van der Waals surface area (Å²) in [5.41, 5.74) is 3.78. The summed E-state index contributed by atoms with van der Waals surface area (Å²) in [6.07, 6.45) is 2.93. The summed E-state index contributed by atoms with van der Waals surface area (Å²) in [5, 5.41) is 0.516. The van der Waals surface area contributed by atoms with Gasteiger partial charge in [0, 0.05) is 16.8 Å². The Morgan fingerprint density at radius 2 is 1.92 bits per heavy atom. The van der Waals surface area contributed by atoms with Gasteiger partial charge in [-0.15, -0.1) is 11.3 Å². The van der Waals surface area contributed by atoms with Gasteiger partial charge in [-0.25, -0.2) is 0 Å². The average Bonchev–Trinajstić information content (AvgIpc) is 3.10. The van der Waals surface area contributed by atoms with Crippen LogP contribution in [0.2, 0.25) is 0 Å². The number of carbonyl (C=O) groups excluding carboxylic acids is 1. The Bertz CT molecular complexity index is 851. The summed E-state index contributed by atoms with van der Waals surface area (Å²) in [4.78, 5) is 18.7. The standard InChI is InChI=1S/C19H20N2OS2/c1-5-15-8-9-16(24-15)11-17-18(22)21(19(23)20(17)4)14-7-6-12(2)13(3)10-14/h6-11H,5H2,1-4H3/b17-11+. The highest BCUT2D eigenvalue weighted by Crippen LogP contribution is 2.30. The van der Waals surface area contributed by atoms with Gasteiger partial charge >= 0.3 is 0 Å². The van der Waals surface area contributed by atoms with Gasteiger partial charge in [-0.05, 0) is 74.0 Å². The predicted octanol–water partition coefficient (Wildman–Crippen LogP) is 4.53. The molecule has 0 radical (unpaired) electrons. The molecule has 1 fully saturated rings.